The molecule has 4 rings (SSSR count). The number of nitrogens with one attached hydrogen (secondary N) is 1. The topological polar surface area (TPSA) is 104 Å². The summed E-state index contributed by atoms with van der Waals surface area (Å²) < 4.78 is 25.7. The van der Waals surface area contributed by atoms with Crippen LogP contribution >= 0.6 is 0 Å². The number of benzene rings is 3. The van der Waals surface area contributed by atoms with Crippen LogP contribution in [0.3, 0.4) is 0 Å². The van der Waals surface area contributed by atoms with Crippen molar-refractivity contribution in [2.75, 3.05) is 26.0 Å². The van der Waals surface area contributed by atoms with E-state index in [-0.39, 0.29) is 42.0 Å². The highest BCUT2D eigenvalue weighted by atomic mass is 32.2. The molecule has 33 heavy (non-hydrogen) atoms. The second-order valence-corrected chi connectivity index (χ2v) is 10.1. The predicted octanol–water partition coefficient (Wildman–Crippen LogP) is 3.11. The van der Waals surface area contributed by atoms with Crippen molar-refractivity contribution in [3.8, 4) is 0 Å². The Bertz CT molecular complexity index is 1330. The summed E-state index contributed by atoms with van der Waals surface area (Å²) in [5.41, 5.74) is 1.31. The maximum absolute atomic E-state index is 12.9. The maximum atomic E-state index is 12.9. The van der Waals surface area contributed by atoms with Gasteiger partial charge in [0.2, 0.25) is 15.9 Å². The van der Waals surface area contributed by atoms with Crippen LogP contribution in [-0.4, -0.2) is 56.0 Å². The van der Waals surface area contributed by atoms with Gasteiger partial charge in [0.25, 0.3) is 11.8 Å². The standard InChI is InChI=1S/C24H23N3O5S/c1-26(2)33(31,32)18-10-5-9-17(15-18)25-21(28)13-6-14-27-23(29)19-11-3-7-16-8-4-12-20(22(16)19)24(27)30/h3-5,7-12,15H,6,13-14H2,1-2H3,(H,25,28). The minimum Gasteiger partial charge on any atom is -0.326 e. The highest BCUT2D eigenvalue weighted by molar-refractivity contribution is 7.89. The number of imide groups is 1. The highest BCUT2D eigenvalue weighted by Crippen LogP contribution is 2.30. The first kappa shape index (κ1) is 22.6. The minimum absolute atomic E-state index is 0.0631. The predicted molar refractivity (Wildman–Crippen MR) is 124 cm³/mol. The number of carbonyl (C=O) groups is 3. The van der Waals surface area contributed by atoms with Gasteiger partial charge in [-0.1, -0.05) is 30.3 Å². The SMILES string of the molecule is CN(C)S(=O)(=O)c1cccc(NC(=O)CCCN2C(=O)c3cccc4cccc(c34)C2=O)c1. The third-order valence-electron chi connectivity index (χ3n) is 5.54. The van der Waals surface area contributed by atoms with Gasteiger partial charge in [-0.05, 0) is 42.1 Å². The van der Waals surface area contributed by atoms with E-state index in [0.717, 1.165) is 9.69 Å². The lowest BCUT2D eigenvalue weighted by Gasteiger charge is -2.27. The zero-order valence-corrected chi connectivity index (χ0v) is 19.1. The fourth-order valence-corrected chi connectivity index (χ4v) is 4.80. The lowest BCUT2D eigenvalue weighted by Crippen LogP contribution is -2.41. The number of carbonyl (C=O) groups excluding carboxylic acids is 3. The van der Waals surface area contributed by atoms with Crippen molar-refractivity contribution >= 4 is 44.2 Å². The van der Waals surface area contributed by atoms with Crippen LogP contribution in [0.4, 0.5) is 5.69 Å². The number of nitrogens with zero attached hydrogens (tertiary/aromatic N) is 2. The molecule has 3 amide bonds. The van der Waals surface area contributed by atoms with E-state index in [0.29, 0.717) is 22.2 Å². The molecule has 0 aliphatic carbocycles. The van der Waals surface area contributed by atoms with Gasteiger partial charge in [-0.25, -0.2) is 12.7 Å². The summed E-state index contributed by atoms with van der Waals surface area (Å²) in [6.45, 7) is 0.102. The second-order valence-electron chi connectivity index (χ2n) is 7.94. The third-order valence-corrected chi connectivity index (χ3v) is 7.35. The van der Waals surface area contributed by atoms with Crippen molar-refractivity contribution in [1.82, 2.24) is 9.21 Å². The van der Waals surface area contributed by atoms with Gasteiger partial charge in [-0.15, -0.1) is 0 Å². The lowest BCUT2D eigenvalue weighted by molar-refractivity contribution is -0.116. The zero-order valence-electron chi connectivity index (χ0n) is 18.2. The molecule has 0 saturated heterocycles. The van der Waals surface area contributed by atoms with Crippen molar-refractivity contribution < 1.29 is 22.8 Å². The van der Waals surface area contributed by atoms with Crippen LogP contribution in [0.25, 0.3) is 10.8 Å². The minimum atomic E-state index is -3.62. The molecule has 1 N–H and O–H groups in total. The molecule has 0 aromatic heterocycles. The Labute approximate surface area is 191 Å². The largest absolute Gasteiger partial charge is 0.326 e. The first-order chi connectivity index (χ1) is 15.7. The molecular weight excluding hydrogens is 442 g/mol. The molecule has 1 heterocycles. The van der Waals surface area contributed by atoms with E-state index < -0.39 is 10.0 Å². The van der Waals surface area contributed by atoms with Gasteiger partial charge >= 0.3 is 0 Å². The van der Waals surface area contributed by atoms with Crippen molar-refractivity contribution in [3.05, 3.63) is 71.8 Å². The molecule has 0 atom stereocenters. The Balaban J connectivity index is 1.41. The Hall–Kier alpha value is -3.56. The summed E-state index contributed by atoms with van der Waals surface area (Å²) in [5.74, 6) is -1.08. The van der Waals surface area contributed by atoms with Crippen LogP contribution in [0.2, 0.25) is 0 Å². The van der Waals surface area contributed by atoms with Crippen molar-refractivity contribution in [3.63, 3.8) is 0 Å². The van der Waals surface area contributed by atoms with E-state index >= 15 is 0 Å². The summed E-state index contributed by atoms with van der Waals surface area (Å²) >= 11 is 0. The Morgan fingerprint density at radius 2 is 1.55 bits per heavy atom. The first-order valence-corrected chi connectivity index (χ1v) is 11.8. The van der Waals surface area contributed by atoms with E-state index in [1.54, 1.807) is 36.4 Å². The number of anilines is 1. The van der Waals surface area contributed by atoms with E-state index in [9.17, 15) is 22.8 Å². The van der Waals surface area contributed by atoms with Crippen LogP contribution in [0.5, 0.6) is 0 Å². The smallest absolute Gasteiger partial charge is 0.261 e. The molecule has 8 nitrogen and oxygen atoms in total. The van der Waals surface area contributed by atoms with Gasteiger partial charge in [-0.3, -0.25) is 19.3 Å². The summed E-state index contributed by atoms with van der Waals surface area (Å²) in [6, 6.07) is 16.7. The van der Waals surface area contributed by atoms with Gasteiger partial charge in [-0.2, -0.15) is 0 Å². The second kappa shape index (κ2) is 8.76. The molecule has 170 valence electrons. The van der Waals surface area contributed by atoms with Gasteiger partial charge in [0.15, 0.2) is 0 Å². The summed E-state index contributed by atoms with van der Waals surface area (Å²) in [6.07, 6.45) is 0.338. The average Bonchev–Trinajstić information content (AvgIpc) is 2.79. The summed E-state index contributed by atoms with van der Waals surface area (Å²) in [5, 5.41) is 4.18. The molecule has 0 radical (unpaired) electrons. The monoisotopic (exact) mass is 465 g/mol. The molecule has 0 bridgehead atoms. The van der Waals surface area contributed by atoms with E-state index in [1.807, 2.05) is 12.1 Å². The average molecular weight is 466 g/mol. The van der Waals surface area contributed by atoms with Crippen molar-refractivity contribution in [2.45, 2.75) is 17.7 Å². The number of amides is 3. The third kappa shape index (κ3) is 4.24. The number of sulfonamides is 1. The molecule has 0 spiro atoms. The molecule has 0 saturated carbocycles. The first-order valence-electron chi connectivity index (χ1n) is 10.4. The molecule has 3 aromatic carbocycles. The molecular formula is C24H23N3O5S. The quantitative estimate of drug-likeness (QED) is 0.540. The Kier molecular flexibility index (Phi) is 6.01. The van der Waals surface area contributed by atoms with Gasteiger partial charge in [0.05, 0.1) is 4.90 Å². The van der Waals surface area contributed by atoms with Crippen LogP contribution in [-0.2, 0) is 14.8 Å². The highest BCUT2D eigenvalue weighted by Gasteiger charge is 2.32. The number of hydrogen-bond acceptors (Lipinski definition) is 5. The maximum Gasteiger partial charge on any atom is 0.261 e. The normalized spacial score (nSPS) is 13.6. The van der Waals surface area contributed by atoms with E-state index in [1.165, 1.54) is 31.1 Å². The van der Waals surface area contributed by atoms with Gasteiger partial charge in [0.1, 0.15) is 0 Å². The molecule has 1 aliphatic heterocycles. The fraction of sp³-hybridized carbons (Fsp3) is 0.208. The number of hydrogen-bond donors (Lipinski definition) is 1. The molecule has 0 unspecified atom stereocenters. The van der Waals surface area contributed by atoms with Crippen LogP contribution in [0.15, 0.2) is 65.6 Å². The molecule has 9 heteroatoms. The van der Waals surface area contributed by atoms with E-state index in [4.69, 9.17) is 0 Å². The molecule has 3 aromatic rings. The van der Waals surface area contributed by atoms with Crippen molar-refractivity contribution in [1.29, 1.82) is 0 Å². The molecule has 0 fully saturated rings. The zero-order chi connectivity index (χ0) is 23.8. The number of rotatable bonds is 7. The van der Waals surface area contributed by atoms with Crippen LogP contribution in [0.1, 0.15) is 33.6 Å². The fourth-order valence-electron chi connectivity index (χ4n) is 3.85. The van der Waals surface area contributed by atoms with E-state index in [2.05, 4.69) is 5.32 Å². The van der Waals surface area contributed by atoms with Crippen LogP contribution < -0.4 is 5.32 Å². The van der Waals surface area contributed by atoms with Gasteiger partial charge in [0, 0.05) is 49.3 Å². The summed E-state index contributed by atoms with van der Waals surface area (Å²) in [7, 11) is -0.753. The van der Waals surface area contributed by atoms with Crippen LogP contribution in [0, 0.1) is 0 Å². The Morgan fingerprint density at radius 1 is 0.939 bits per heavy atom. The lowest BCUT2D eigenvalue weighted by atomic mass is 9.94. The van der Waals surface area contributed by atoms with Gasteiger partial charge < -0.3 is 5.32 Å². The van der Waals surface area contributed by atoms with Crippen molar-refractivity contribution in [2.24, 2.45) is 0 Å². The Morgan fingerprint density at radius 3 is 2.15 bits per heavy atom. The molecule has 1 aliphatic rings. The summed E-state index contributed by atoms with van der Waals surface area (Å²) in [4.78, 5) is 39.5.